The standard InChI is InChI=1S/C25H31N7O/c1-14(2)24-20-8-4-17(29-20)10-22(24)32(18-5-6-18)25-26-13-21(30-31-25)19-7-3-15(9-23(19)33)16-11-27-28-12-16/h3,7,9,11-14,17-18,20,22,24,29,33H,4-6,8,10H2,1-2H3,(H,27,28)/t17-,20-,22-,24+/m0/s1. The summed E-state index contributed by atoms with van der Waals surface area (Å²) in [5.41, 5.74) is 3.03. The minimum atomic E-state index is 0.159. The third-order valence-corrected chi connectivity index (χ3v) is 7.66. The number of hydrogen-bond donors (Lipinski definition) is 3. The molecule has 4 heterocycles. The summed E-state index contributed by atoms with van der Waals surface area (Å²) in [6, 6.07) is 7.70. The molecular formula is C25H31N7O. The lowest BCUT2D eigenvalue weighted by Crippen LogP contribution is -2.57. The number of aromatic nitrogens is 5. The molecule has 1 saturated carbocycles. The van der Waals surface area contributed by atoms with Gasteiger partial charge in [0.15, 0.2) is 0 Å². The molecule has 3 N–H and O–H groups in total. The number of piperidine rings is 1. The average Bonchev–Trinajstić information content (AvgIpc) is 3.34. The third kappa shape index (κ3) is 3.76. The van der Waals surface area contributed by atoms with E-state index in [1.807, 2.05) is 12.1 Å². The molecule has 2 bridgehead atoms. The lowest BCUT2D eigenvalue weighted by atomic mass is 9.78. The van der Waals surface area contributed by atoms with Crippen molar-refractivity contribution in [3.8, 4) is 28.1 Å². The first kappa shape index (κ1) is 20.6. The molecule has 2 saturated heterocycles. The van der Waals surface area contributed by atoms with Gasteiger partial charge in [0.2, 0.25) is 5.95 Å². The minimum absolute atomic E-state index is 0.159. The Kier molecular flexibility index (Phi) is 5.05. The fourth-order valence-corrected chi connectivity index (χ4v) is 6.05. The zero-order valence-electron chi connectivity index (χ0n) is 19.1. The molecule has 8 nitrogen and oxygen atoms in total. The Balaban J connectivity index is 1.29. The van der Waals surface area contributed by atoms with Crippen LogP contribution >= 0.6 is 0 Å². The van der Waals surface area contributed by atoms with Gasteiger partial charge in [0.05, 0.1) is 12.4 Å². The summed E-state index contributed by atoms with van der Waals surface area (Å²) in [6.45, 7) is 4.70. The smallest absolute Gasteiger partial charge is 0.245 e. The molecule has 0 spiro atoms. The van der Waals surface area contributed by atoms with Crippen LogP contribution in [0.1, 0.15) is 46.0 Å². The number of anilines is 1. The van der Waals surface area contributed by atoms with Gasteiger partial charge in [-0.25, -0.2) is 4.98 Å². The Hall–Kier alpha value is -3.00. The highest BCUT2D eigenvalue weighted by Crippen LogP contribution is 2.43. The lowest BCUT2D eigenvalue weighted by Gasteiger charge is -2.45. The summed E-state index contributed by atoms with van der Waals surface area (Å²) in [5.74, 6) is 2.08. The van der Waals surface area contributed by atoms with Crippen LogP contribution in [0.2, 0.25) is 0 Å². The first-order chi connectivity index (χ1) is 16.1. The van der Waals surface area contributed by atoms with Crippen LogP contribution in [0.4, 0.5) is 5.95 Å². The number of phenolic OH excluding ortho intramolecular Hbond substituents is 1. The molecule has 6 rings (SSSR count). The van der Waals surface area contributed by atoms with Crippen LogP contribution in [0.3, 0.4) is 0 Å². The number of nitrogens with zero attached hydrogens (tertiary/aromatic N) is 5. The van der Waals surface area contributed by atoms with E-state index in [0.29, 0.717) is 47.3 Å². The second-order valence-electron chi connectivity index (χ2n) is 10.2. The number of hydrogen-bond acceptors (Lipinski definition) is 7. The Labute approximate surface area is 193 Å². The number of aromatic hydroxyl groups is 1. The maximum Gasteiger partial charge on any atom is 0.245 e. The van der Waals surface area contributed by atoms with Gasteiger partial charge >= 0.3 is 0 Å². The van der Waals surface area contributed by atoms with Crippen LogP contribution in [-0.4, -0.2) is 54.7 Å². The largest absolute Gasteiger partial charge is 0.507 e. The van der Waals surface area contributed by atoms with E-state index in [9.17, 15) is 5.11 Å². The molecule has 33 heavy (non-hydrogen) atoms. The van der Waals surface area contributed by atoms with Crippen molar-refractivity contribution in [1.29, 1.82) is 0 Å². The van der Waals surface area contributed by atoms with E-state index < -0.39 is 0 Å². The SMILES string of the molecule is CC(C)[C@@H]1[C@@H]2CC[C@@H](C[C@@H]1N(c1ncc(-c3ccc(-c4cn[nH]c4)cc3O)nn1)C1CC1)N2. The molecule has 8 heteroatoms. The van der Waals surface area contributed by atoms with E-state index in [2.05, 4.69) is 44.5 Å². The van der Waals surface area contributed by atoms with Crippen LogP contribution in [0, 0.1) is 11.8 Å². The highest BCUT2D eigenvalue weighted by atomic mass is 16.3. The number of phenols is 1. The van der Waals surface area contributed by atoms with Crippen molar-refractivity contribution in [2.24, 2.45) is 11.8 Å². The molecule has 1 aliphatic carbocycles. The third-order valence-electron chi connectivity index (χ3n) is 7.66. The van der Waals surface area contributed by atoms with Crippen molar-refractivity contribution < 1.29 is 5.11 Å². The van der Waals surface area contributed by atoms with Gasteiger partial charge in [-0.3, -0.25) is 5.10 Å². The van der Waals surface area contributed by atoms with Crippen molar-refractivity contribution in [3.05, 3.63) is 36.8 Å². The first-order valence-electron chi connectivity index (χ1n) is 12.1. The fourth-order valence-electron chi connectivity index (χ4n) is 6.05. The molecular weight excluding hydrogens is 414 g/mol. The van der Waals surface area contributed by atoms with E-state index in [1.54, 1.807) is 24.7 Å². The van der Waals surface area contributed by atoms with Crippen LogP contribution in [0.5, 0.6) is 5.75 Å². The van der Waals surface area contributed by atoms with E-state index >= 15 is 0 Å². The molecule has 2 aliphatic heterocycles. The van der Waals surface area contributed by atoms with Gasteiger partial charge in [-0.15, -0.1) is 10.2 Å². The van der Waals surface area contributed by atoms with Gasteiger partial charge < -0.3 is 15.3 Å². The number of benzene rings is 1. The summed E-state index contributed by atoms with van der Waals surface area (Å²) in [7, 11) is 0. The molecule has 3 aromatic rings. The lowest BCUT2D eigenvalue weighted by molar-refractivity contribution is 0.185. The predicted molar refractivity (Wildman–Crippen MR) is 127 cm³/mol. The number of aromatic amines is 1. The van der Waals surface area contributed by atoms with E-state index in [1.165, 1.54) is 25.7 Å². The van der Waals surface area contributed by atoms with E-state index in [4.69, 9.17) is 4.98 Å². The summed E-state index contributed by atoms with van der Waals surface area (Å²) in [5, 5.41) is 30.4. The van der Waals surface area contributed by atoms with Gasteiger partial charge in [0.25, 0.3) is 0 Å². The number of H-pyrrole nitrogens is 1. The summed E-state index contributed by atoms with van der Waals surface area (Å²) in [4.78, 5) is 7.26. The Morgan fingerprint density at radius 3 is 2.61 bits per heavy atom. The zero-order valence-corrected chi connectivity index (χ0v) is 19.1. The second-order valence-corrected chi connectivity index (χ2v) is 10.2. The van der Waals surface area contributed by atoms with Gasteiger partial charge in [-0.05, 0) is 61.6 Å². The van der Waals surface area contributed by atoms with Crippen molar-refractivity contribution in [1.82, 2.24) is 30.7 Å². The van der Waals surface area contributed by atoms with Crippen LogP contribution < -0.4 is 10.2 Å². The quantitative estimate of drug-likeness (QED) is 0.531. The molecule has 0 amide bonds. The highest BCUT2D eigenvalue weighted by Gasteiger charge is 2.48. The summed E-state index contributed by atoms with van der Waals surface area (Å²) < 4.78 is 0. The predicted octanol–water partition coefficient (Wildman–Crippen LogP) is 3.77. The molecule has 4 atom stereocenters. The van der Waals surface area contributed by atoms with Gasteiger partial charge in [-0.1, -0.05) is 19.9 Å². The Bertz CT molecular complexity index is 1110. The Morgan fingerprint density at radius 2 is 1.94 bits per heavy atom. The van der Waals surface area contributed by atoms with E-state index in [0.717, 1.165) is 23.5 Å². The van der Waals surface area contributed by atoms with Crippen molar-refractivity contribution >= 4 is 5.95 Å². The maximum absolute atomic E-state index is 10.6. The van der Waals surface area contributed by atoms with Crippen LogP contribution in [0.15, 0.2) is 36.8 Å². The number of fused-ring (bicyclic) bond motifs is 2. The molecule has 3 fully saturated rings. The second kappa shape index (κ2) is 8.09. The van der Waals surface area contributed by atoms with Crippen LogP contribution in [0.25, 0.3) is 22.4 Å². The highest BCUT2D eigenvalue weighted by molar-refractivity contribution is 5.73. The molecule has 0 unspecified atom stereocenters. The maximum atomic E-state index is 10.6. The minimum Gasteiger partial charge on any atom is -0.507 e. The van der Waals surface area contributed by atoms with Crippen LogP contribution in [-0.2, 0) is 0 Å². The first-order valence-corrected chi connectivity index (χ1v) is 12.1. The molecule has 2 aromatic heterocycles. The van der Waals surface area contributed by atoms with Crippen molar-refractivity contribution in [2.45, 2.75) is 70.1 Å². The average molecular weight is 446 g/mol. The van der Waals surface area contributed by atoms with Gasteiger partial charge in [0, 0.05) is 41.5 Å². The fraction of sp³-hybridized carbons (Fsp3) is 0.520. The van der Waals surface area contributed by atoms with Gasteiger partial charge in [-0.2, -0.15) is 5.10 Å². The zero-order chi connectivity index (χ0) is 22.5. The summed E-state index contributed by atoms with van der Waals surface area (Å²) >= 11 is 0. The molecule has 0 radical (unpaired) electrons. The topological polar surface area (TPSA) is 103 Å². The van der Waals surface area contributed by atoms with E-state index in [-0.39, 0.29) is 5.75 Å². The number of nitrogens with one attached hydrogen (secondary N) is 2. The summed E-state index contributed by atoms with van der Waals surface area (Å²) in [6.07, 6.45) is 11.4. The Morgan fingerprint density at radius 1 is 1.06 bits per heavy atom. The molecule has 1 aromatic carbocycles. The monoisotopic (exact) mass is 445 g/mol. The van der Waals surface area contributed by atoms with Gasteiger partial charge in [0.1, 0.15) is 11.4 Å². The van der Waals surface area contributed by atoms with Crippen molar-refractivity contribution in [3.63, 3.8) is 0 Å². The molecule has 172 valence electrons. The normalized spacial score (nSPS) is 26.6. The molecule has 3 aliphatic rings. The van der Waals surface area contributed by atoms with Crippen molar-refractivity contribution in [2.75, 3.05) is 4.90 Å². The number of rotatable bonds is 6.